The van der Waals surface area contributed by atoms with Crippen molar-refractivity contribution in [1.29, 1.82) is 0 Å². The monoisotopic (exact) mass is 429 g/mol. The molecular weight excluding hydrogens is 386 g/mol. The molecule has 7 heteroatoms. The zero-order chi connectivity index (χ0) is 22.2. The van der Waals surface area contributed by atoms with Crippen LogP contribution in [0.15, 0.2) is 12.7 Å². The van der Waals surface area contributed by atoms with Gasteiger partial charge in [-0.25, -0.2) is 0 Å². The summed E-state index contributed by atoms with van der Waals surface area (Å²) in [6.45, 7) is 14.2. The van der Waals surface area contributed by atoms with Crippen molar-refractivity contribution in [3.8, 4) is 0 Å². The Kier molecular flexibility index (Phi) is 15.0. The zero-order valence-electron chi connectivity index (χ0n) is 19.4. The topological polar surface area (TPSA) is 75.3 Å². The second-order valence-electron chi connectivity index (χ2n) is 7.70. The second kappa shape index (κ2) is 16.7. The molecule has 0 bridgehead atoms. The summed E-state index contributed by atoms with van der Waals surface area (Å²) in [5.74, 6) is -0.162. The number of carbonyl (C=O) groups is 1. The van der Waals surface area contributed by atoms with Crippen molar-refractivity contribution in [3.63, 3.8) is 0 Å². The lowest BCUT2D eigenvalue weighted by Crippen LogP contribution is -2.66. The van der Waals surface area contributed by atoms with Crippen molar-refractivity contribution in [2.45, 2.75) is 96.9 Å². The average molecular weight is 430 g/mol. The summed E-state index contributed by atoms with van der Waals surface area (Å²) >= 11 is 0. The Balaban J connectivity index is 3.05. The summed E-state index contributed by atoms with van der Waals surface area (Å²) in [6, 6.07) is -0.474. The third kappa shape index (κ3) is 9.88. The Morgan fingerprint density at radius 2 is 1.60 bits per heavy atom. The van der Waals surface area contributed by atoms with E-state index in [1.807, 2.05) is 0 Å². The fraction of sp³-hybridized carbons (Fsp3) is 0.870. The first-order valence-electron chi connectivity index (χ1n) is 11.5. The van der Waals surface area contributed by atoms with E-state index in [-0.39, 0.29) is 18.1 Å². The van der Waals surface area contributed by atoms with Crippen LogP contribution < -0.4 is 5.32 Å². The van der Waals surface area contributed by atoms with Crippen LogP contribution in [-0.4, -0.2) is 69.6 Å². The number of carbonyl (C=O) groups excluding carboxylic acids is 1. The molecule has 1 rings (SSSR count). The number of nitrogens with one attached hydrogen (secondary N) is 1. The van der Waals surface area contributed by atoms with E-state index in [2.05, 4.69) is 32.7 Å². The molecule has 1 aliphatic heterocycles. The lowest BCUT2D eigenvalue weighted by molar-refractivity contribution is -0.285. The molecule has 0 aromatic rings. The molecule has 0 aliphatic carbocycles. The van der Waals surface area contributed by atoms with Crippen molar-refractivity contribution < 1.29 is 28.5 Å². The highest BCUT2D eigenvalue weighted by molar-refractivity contribution is 5.73. The molecule has 7 nitrogen and oxygen atoms in total. The summed E-state index contributed by atoms with van der Waals surface area (Å²) in [5.41, 5.74) is 0. The van der Waals surface area contributed by atoms with Gasteiger partial charge < -0.3 is 29.0 Å². The number of unbranched alkanes of at least 4 members (excludes halogenated alkanes) is 3. The molecule has 0 spiro atoms. The number of amides is 1. The van der Waals surface area contributed by atoms with Gasteiger partial charge >= 0.3 is 0 Å². The van der Waals surface area contributed by atoms with Gasteiger partial charge in [-0.2, -0.15) is 0 Å². The van der Waals surface area contributed by atoms with E-state index in [0.29, 0.717) is 33.0 Å². The first-order chi connectivity index (χ1) is 14.6. The van der Waals surface area contributed by atoms with Gasteiger partial charge in [-0.3, -0.25) is 4.79 Å². The molecule has 0 aromatic carbocycles. The van der Waals surface area contributed by atoms with Crippen LogP contribution in [0.1, 0.15) is 66.2 Å². The molecule has 1 saturated heterocycles. The first kappa shape index (κ1) is 27.0. The van der Waals surface area contributed by atoms with Gasteiger partial charge in [0.25, 0.3) is 0 Å². The van der Waals surface area contributed by atoms with E-state index < -0.39 is 18.4 Å². The van der Waals surface area contributed by atoms with E-state index in [1.165, 1.54) is 6.92 Å². The molecule has 1 aliphatic rings. The maximum atomic E-state index is 11.9. The van der Waals surface area contributed by atoms with Crippen LogP contribution in [0.25, 0.3) is 0 Å². The first-order valence-corrected chi connectivity index (χ1v) is 11.5. The van der Waals surface area contributed by atoms with Gasteiger partial charge in [-0.1, -0.05) is 46.1 Å². The lowest BCUT2D eigenvalue weighted by atomic mass is 9.96. The molecule has 176 valence electrons. The normalized spacial score (nSPS) is 26.5. The highest BCUT2D eigenvalue weighted by atomic mass is 16.7. The number of rotatable bonds is 17. The fourth-order valence-corrected chi connectivity index (χ4v) is 3.30. The molecule has 0 radical (unpaired) electrons. The van der Waals surface area contributed by atoms with E-state index in [0.717, 1.165) is 38.5 Å². The van der Waals surface area contributed by atoms with Crippen LogP contribution in [0.4, 0.5) is 0 Å². The SMILES string of the molecule is C=CCOC1C(NC(C)=O)[C@@H](OCCCC)OC(COCCCC)[C@H]1OCCCC. The Labute approximate surface area is 182 Å². The molecule has 1 heterocycles. The minimum Gasteiger partial charge on any atom is -0.379 e. The van der Waals surface area contributed by atoms with Gasteiger partial charge in [0.05, 0.1) is 13.2 Å². The summed E-state index contributed by atoms with van der Waals surface area (Å²) in [6.07, 6.45) is 5.89. The third-order valence-electron chi connectivity index (χ3n) is 4.94. The Bertz CT molecular complexity index is 461. The van der Waals surface area contributed by atoms with Crippen LogP contribution in [-0.2, 0) is 28.5 Å². The zero-order valence-corrected chi connectivity index (χ0v) is 19.4. The van der Waals surface area contributed by atoms with Crippen LogP contribution in [0.3, 0.4) is 0 Å². The third-order valence-corrected chi connectivity index (χ3v) is 4.94. The molecule has 30 heavy (non-hydrogen) atoms. The maximum absolute atomic E-state index is 11.9. The number of hydrogen-bond acceptors (Lipinski definition) is 6. The van der Waals surface area contributed by atoms with Crippen molar-refractivity contribution in [2.75, 3.05) is 33.0 Å². The smallest absolute Gasteiger partial charge is 0.217 e. The minimum atomic E-state index is -0.624. The summed E-state index contributed by atoms with van der Waals surface area (Å²) < 4.78 is 30.5. The highest BCUT2D eigenvalue weighted by Gasteiger charge is 2.48. The van der Waals surface area contributed by atoms with E-state index in [4.69, 9.17) is 23.7 Å². The summed E-state index contributed by atoms with van der Waals surface area (Å²) in [5, 5.41) is 2.97. The van der Waals surface area contributed by atoms with Gasteiger partial charge in [0.2, 0.25) is 5.91 Å². The molecule has 1 fully saturated rings. The summed E-state index contributed by atoms with van der Waals surface area (Å²) in [7, 11) is 0. The number of hydrogen-bond donors (Lipinski definition) is 1. The van der Waals surface area contributed by atoms with Crippen molar-refractivity contribution >= 4 is 5.91 Å². The largest absolute Gasteiger partial charge is 0.379 e. The Morgan fingerprint density at radius 1 is 0.967 bits per heavy atom. The summed E-state index contributed by atoms with van der Waals surface area (Å²) in [4.78, 5) is 11.9. The molecule has 1 amide bonds. The van der Waals surface area contributed by atoms with Crippen molar-refractivity contribution in [2.24, 2.45) is 0 Å². The molecule has 1 N–H and O–H groups in total. The van der Waals surface area contributed by atoms with E-state index >= 15 is 0 Å². The molecule has 0 saturated carbocycles. The van der Waals surface area contributed by atoms with Crippen LogP contribution in [0, 0.1) is 0 Å². The molecular formula is C23H43NO6. The molecule has 3 unspecified atom stereocenters. The van der Waals surface area contributed by atoms with Crippen molar-refractivity contribution in [3.05, 3.63) is 12.7 Å². The van der Waals surface area contributed by atoms with Gasteiger partial charge in [0.15, 0.2) is 6.29 Å². The quantitative estimate of drug-likeness (QED) is 0.281. The predicted octanol–water partition coefficient (Wildman–Crippen LogP) is 3.61. The Morgan fingerprint density at radius 3 is 2.20 bits per heavy atom. The van der Waals surface area contributed by atoms with Crippen LogP contribution in [0.2, 0.25) is 0 Å². The molecule has 5 atom stereocenters. The van der Waals surface area contributed by atoms with Gasteiger partial charge in [-0.15, -0.1) is 6.58 Å². The van der Waals surface area contributed by atoms with E-state index in [9.17, 15) is 4.79 Å². The van der Waals surface area contributed by atoms with Gasteiger partial charge in [0.1, 0.15) is 24.4 Å². The lowest BCUT2D eigenvalue weighted by Gasteiger charge is -2.46. The van der Waals surface area contributed by atoms with E-state index in [1.54, 1.807) is 6.08 Å². The van der Waals surface area contributed by atoms with Crippen LogP contribution >= 0.6 is 0 Å². The van der Waals surface area contributed by atoms with Gasteiger partial charge in [0, 0.05) is 26.7 Å². The average Bonchev–Trinajstić information content (AvgIpc) is 2.72. The standard InChI is InChI=1S/C23H43NO6/c1-6-10-14-26-17-19-21(28-15-11-7-2)22(27-13-9-4)20(24-18(5)25)23(30-19)29-16-12-8-3/h9,19-23H,4,6-8,10-17H2,1-3,5H3,(H,24,25)/t19?,20?,21-,22?,23+/m1/s1. The Hall–Kier alpha value is -0.990. The van der Waals surface area contributed by atoms with Gasteiger partial charge in [-0.05, 0) is 19.3 Å². The minimum absolute atomic E-state index is 0.162. The highest BCUT2D eigenvalue weighted by Crippen LogP contribution is 2.28. The molecule has 0 aromatic heterocycles. The van der Waals surface area contributed by atoms with Crippen LogP contribution in [0.5, 0.6) is 0 Å². The number of ether oxygens (including phenoxy) is 5. The second-order valence-corrected chi connectivity index (χ2v) is 7.70. The predicted molar refractivity (Wildman–Crippen MR) is 117 cm³/mol. The maximum Gasteiger partial charge on any atom is 0.217 e. The van der Waals surface area contributed by atoms with Crippen molar-refractivity contribution in [1.82, 2.24) is 5.32 Å². The fourth-order valence-electron chi connectivity index (χ4n) is 3.30.